The maximum absolute atomic E-state index is 12.8. The van der Waals surface area contributed by atoms with Crippen molar-refractivity contribution < 1.29 is 0 Å². The molecule has 0 spiro atoms. The van der Waals surface area contributed by atoms with Gasteiger partial charge in [-0.05, 0) is 25.1 Å². The molecule has 1 unspecified atom stereocenters. The lowest BCUT2D eigenvalue weighted by atomic mass is 10.2. The van der Waals surface area contributed by atoms with Crippen LogP contribution in [0.3, 0.4) is 0 Å². The van der Waals surface area contributed by atoms with Crippen molar-refractivity contribution in [2.24, 2.45) is 5.73 Å². The minimum Gasteiger partial charge on any atom is -0.322 e. The number of H-pyrrole nitrogens is 1. The number of hydrogen-bond acceptors (Lipinski definition) is 4. The van der Waals surface area contributed by atoms with Crippen LogP contribution < -0.4 is 11.3 Å². The Kier molecular flexibility index (Phi) is 3.96. The summed E-state index contributed by atoms with van der Waals surface area (Å²) in [5, 5.41) is 7.62. The zero-order chi connectivity index (χ0) is 15.7. The molecule has 6 nitrogen and oxygen atoms in total. The molecule has 0 radical (unpaired) electrons. The second kappa shape index (κ2) is 5.90. The van der Waals surface area contributed by atoms with Crippen LogP contribution in [0.15, 0.2) is 35.3 Å². The molecular formula is C15H16ClN5O. The quantitative estimate of drug-likeness (QED) is 0.770. The fourth-order valence-electron chi connectivity index (χ4n) is 2.46. The number of nitrogens with one attached hydrogen (secondary N) is 1. The Labute approximate surface area is 131 Å². The molecule has 0 fully saturated rings. The monoisotopic (exact) mass is 317 g/mol. The second-order valence-corrected chi connectivity index (χ2v) is 5.59. The minimum absolute atomic E-state index is 0.164. The van der Waals surface area contributed by atoms with Gasteiger partial charge in [-0.1, -0.05) is 17.7 Å². The predicted octanol–water partition coefficient (Wildman–Crippen LogP) is 2.04. The zero-order valence-corrected chi connectivity index (χ0v) is 12.8. The molecule has 0 saturated heterocycles. The standard InChI is InChI=1S/C15H16ClN5O/c1-9(17)14-19-12-4-2-3-11(16)13(12)15(22)21(14)8-6-10-5-7-18-20-10/h2-5,7,9H,6,8,17H2,1H3,(H,18,20). The van der Waals surface area contributed by atoms with Gasteiger partial charge in [0.25, 0.3) is 5.56 Å². The van der Waals surface area contributed by atoms with Crippen LogP contribution in [-0.2, 0) is 13.0 Å². The zero-order valence-electron chi connectivity index (χ0n) is 12.1. The number of fused-ring (bicyclic) bond motifs is 1. The van der Waals surface area contributed by atoms with Crippen molar-refractivity contribution in [1.29, 1.82) is 0 Å². The fraction of sp³-hybridized carbons (Fsp3) is 0.267. The number of benzene rings is 1. The first kappa shape index (κ1) is 14.7. The first-order valence-electron chi connectivity index (χ1n) is 7.00. The lowest BCUT2D eigenvalue weighted by molar-refractivity contribution is 0.574. The number of aromatic amines is 1. The molecule has 2 aromatic heterocycles. The Morgan fingerprint density at radius 3 is 2.91 bits per heavy atom. The number of halogens is 1. The SMILES string of the molecule is CC(N)c1nc2cccc(Cl)c2c(=O)n1CCc1ccn[nH]1. The molecule has 0 aliphatic rings. The highest BCUT2D eigenvalue weighted by atomic mass is 35.5. The van der Waals surface area contributed by atoms with Gasteiger partial charge in [0, 0.05) is 24.9 Å². The van der Waals surface area contributed by atoms with E-state index in [0.717, 1.165) is 5.69 Å². The van der Waals surface area contributed by atoms with Crippen LogP contribution in [0.2, 0.25) is 5.02 Å². The lowest BCUT2D eigenvalue weighted by Crippen LogP contribution is -2.29. The van der Waals surface area contributed by atoms with Crippen LogP contribution in [0.5, 0.6) is 0 Å². The van der Waals surface area contributed by atoms with E-state index in [2.05, 4.69) is 15.2 Å². The highest BCUT2D eigenvalue weighted by Gasteiger charge is 2.15. The summed E-state index contributed by atoms with van der Waals surface area (Å²) >= 11 is 6.17. The van der Waals surface area contributed by atoms with Crippen molar-refractivity contribution in [3.05, 3.63) is 57.4 Å². The summed E-state index contributed by atoms with van der Waals surface area (Å²) in [6, 6.07) is 6.76. The lowest BCUT2D eigenvalue weighted by Gasteiger charge is -2.16. The van der Waals surface area contributed by atoms with Crippen molar-refractivity contribution >= 4 is 22.5 Å². The average Bonchev–Trinajstić information content (AvgIpc) is 2.99. The maximum atomic E-state index is 12.8. The molecule has 1 atom stereocenters. The van der Waals surface area contributed by atoms with Gasteiger partial charge in [0.15, 0.2) is 0 Å². The molecule has 3 N–H and O–H groups in total. The van der Waals surface area contributed by atoms with Crippen LogP contribution in [0, 0.1) is 0 Å². The van der Waals surface area contributed by atoms with E-state index in [1.807, 2.05) is 13.0 Å². The maximum Gasteiger partial charge on any atom is 0.262 e. The Morgan fingerprint density at radius 1 is 1.41 bits per heavy atom. The Morgan fingerprint density at radius 2 is 2.23 bits per heavy atom. The van der Waals surface area contributed by atoms with Crippen LogP contribution in [0.4, 0.5) is 0 Å². The largest absolute Gasteiger partial charge is 0.322 e. The number of rotatable bonds is 4. The van der Waals surface area contributed by atoms with E-state index in [-0.39, 0.29) is 11.6 Å². The third-order valence-electron chi connectivity index (χ3n) is 3.53. The summed E-state index contributed by atoms with van der Waals surface area (Å²) in [7, 11) is 0. The number of aromatic nitrogens is 4. The van der Waals surface area contributed by atoms with Gasteiger partial charge in [-0.3, -0.25) is 14.5 Å². The molecule has 0 saturated carbocycles. The van der Waals surface area contributed by atoms with E-state index >= 15 is 0 Å². The van der Waals surface area contributed by atoms with Crippen LogP contribution in [0.25, 0.3) is 10.9 Å². The van der Waals surface area contributed by atoms with Crippen LogP contribution in [-0.4, -0.2) is 19.7 Å². The summed E-state index contributed by atoms with van der Waals surface area (Å²) in [6.45, 7) is 2.27. The van der Waals surface area contributed by atoms with E-state index in [0.29, 0.717) is 34.7 Å². The van der Waals surface area contributed by atoms with E-state index in [1.54, 1.807) is 29.0 Å². The van der Waals surface area contributed by atoms with Gasteiger partial charge in [0.1, 0.15) is 5.82 Å². The molecule has 3 aromatic rings. The summed E-state index contributed by atoms with van der Waals surface area (Å²) in [5.74, 6) is 0.555. The first-order valence-corrected chi connectivity index (χ1v) is 7.38. The summed E-state index contributed by atoms with van der Waals surface area (Å²) in [5.41, 5.74) is 7.34. The molecule has 2 heterocycles. The van der Waals surface area contributed by atoms with Crippen molar-refractivity contribution in [3.8, 4) is 0 Å². The van der Waals surface area contributed by atoms with Gasteiger partial charge >= 0.3 is 0 Å². The molecule has 0 amide bonds. The summed E-state index contributed by atoms with van der Waals surface area (Å²) < 4.78 is 1.60. The van der Waals surface area contributed by atoms with Crippen molar-refractivity contribution in [1.82, 2.24) is 19.7 Å². The topological polar surface area (TPSA) is 89.6 Å². The third-order valence-corrected chi connectivity index (χ3v) is 3.85. The van der Waals surface area contributed by atoms with Gasteiger partial charge < -0.3 is 5.73 Å². The Hall–Kier alpha value is -2.18. The third kappa shape index (κ3) is 2.63. The van der Waals surface area contributed by atoms with Gasteiger partial charge in [-0.25, -0.2) is 4.98 Å². The van der Waals surface area contributed by atoms with E-state index in [4.69, 9.17) is 17.3 Å². The minimum atomic E-state index is -0.349. The number of aryl methyl sites for hydroxylation is 1. The van der Waals surface area contributed by atoms with Crippen molar-refractivity contribution in [2.45, 2.75) is 25.9 Å². The Bertz CT molecular complexity index is 854. The fourth-order valence-corrected chi connectivity index (χ4v) is 2.71. The molecule has 0 aliphatic carbocycles. The normalized spacial score (nSPS) is 12.7. The van der Waals surface area contributed by atoms with Gasteiger partial charge in [-0.15, -0.1) is 0 Å². The molecule has 22 heavy (non-hydrogen) atoms. The predicted molar refractivity (Wildman–Crippen MR) is 85.9 cm³/mol. The summed E-state index contributed by atoms with van der Waals surface area (Å²) in [6.07, 6.45) is 2.32. The number of nitrogens with two attached hydrogens (primary N) is 1. The molecule has 1 aromatic carbocycles. The van der Waals surface area contributed by atoms with Crippen molar-refractivity contribution in [2.75, 3.05) is 0 Å². The number of nitrogens with zero attached hydrogens (tertiary/aromatic N) is 3. The molecule has 0 aliphatic heterocycles. The molecular weight excluding hydrogens is 302 g/mol. The van der Waals surface area contributed by atoms with Gasteiger partial charge in [0.05, 0.1) is 22.0 Å². The second-order valence-electron chi connectivity index (χ2n) is 5.18. The van der Waals surface area contributed by atoms with Crippen molar-refractivity contribution in [3.63, 3.8) is 0 Å². The number of hydrogen-bond donors (Lipinski definition) is 2. The average molecular weight is 318 g/mol. The highest BCUT2D eigenvalue weighted by molar-refractivity contribution is 6.35. The van der Waals surface area contributed by atoms with E-state index < -0.39 is 0 Å². The van der Waals surface area contributed by atoms with Gasteiger partial charge in [0.2, 0.25) is 0 Å². The van der Waals surface area contributed by atoms with Gasteiger partial charge in [-0.2, -0.15) is 5.10 Å². The van der Waals surface area contributed by atoms with Crippen LogP contribution >= 0.6 is 11.6 Å². The van der Waals surface area contributed by atoms with E-state index in [9.17, 15) is 4.79 Å². The molecule has 0 bridgehead atoms. The van der Waals surface area contributed by atoms with E-state index in [1.165, 1.54) is 0 Å². The molecule has 114 valence electrons. The summed E-state index contributed by atoms with van der Waals surface area (Å²) in [4.78, 5) is 17.3. The molecule has 7 heteroatoms. The van der Waals surface area contributed by atoms with Crippen LogP contribution in [0.1, 0.15) is 24.5 Å². The Balaban J connectivity index is 2.13. The smallest absolute Gasteiger partial charge is 0.262 e. The highest BCUT2D eigenvalue weighted by Crippen LogP contribution is 2.20. The first-order chi connectivity index (χ1) is 10.6. The molecule has 3 rings (SSSR count).